The Balaban J connectivity index is 1.77. The summed E-state index contributed by atoms with van der Waals surface area (Å²) >= 11 is 0. The zero-order valence-corrected chi connectivity index (χ0v) is 11.6. The largest absolute Gasteiger partial charge is 0.378 e. The van der Waals surface area contributed by atoms with Crippen molar-refractivity contribution in [2.45, 2.75) is 37.4 Å². The molecule has 2 bridgehead atoms. The fraction of sp³-hybridized carbons (Fsp3) is 0.533. The number of hydrogen-bond acceptors (Lipinski definition) is 4. The van der Waals surface area contributed by atoms with Crippen molar-refractivity contribution >= 4 is 5.91 Å². The Morgan fingerprint density at radius 3 is 3.19 bits per heavy atom. The van der Waals surface area contributed by atoms with Gasteiger partial charge in [0.15, 0.2) is 0 Å². The van der Waals surface area contributed by atoms with E-state index < -0.39 is 5.91 Å². The van der Waals surface area contributed by atoms with Gasteiger partial charge in [-0.1, -0.05) is 0 Å². The molecular weight excluding hydrogens is 275 g/mol. The van der Waals surface area contributed by atoms with Crippen LogP contribution in [-0.4, -0.2) is 40.8 Å². The number of benzene rings is 1. The van der Waals surface area contributed by atoms with Gasteiger partial charge >= 0.3 is 0 Å². The lowest BCUT2D eigenvalue weighted by atomic mass is 9.82. The number of morpholine rings is 1. The summed E-state index contributed by atoms with van der Waals surface area (Å²) in [6, 6.07) is 3.27. The molecule has 1 aromatic carbocycles. The molecule has 1 amide bonds. The molecule has 21 heavy (non-hydrogen) atoms. The van der Waals surface area contributed by atoms with Gasteiger partial charge in [-0.2, -0.15) is 0 Å². The van der Waals surface area contributed by atoms with Crippen molar-refractivity contribution in [1.29, 1.82) is 0 Å². The first-order chi connectivity index (χ1) is 10.1. The number of carbonyl (C=O) groups is 1. The van der Waals surface area contributed by atoms with Crippen LogP contribution in [0, 0.1) is 5.82 Å². The first kappa shape index (κ1) is 13.2. The molecule has 3 aliphatic rings. The minimum absolute atomic E-state index is 0.0450. The molecule has 2 fully saturated rings. The molecule has 6 heteroatoms. The molecule has 5 nitrogen and oxygen atoms in total. The van der Waals surface area contributed by atoms with Gasteiger partial charge in [-0.3, -0.25) is 14.9 Å². The van der Waals surface area contributed by atoms with Crippen molar-refractivity contribution in [3.63, 3.8) is 0 Å². The fourth-order valence-corrected chi connectivity index (χ4v) is 4.12. The predicted molar refractivity (Wildman–Crippen MR) is 71.5 cm³/mol. The van der Waals surface area contributed by atoms with Gasteiger partial charge in [0.1, 0.15) is 5.82 Å². The van der Waals surface area contributed by atoms with Crippen molar-refractivity contribution < 1.29 is 19.1 Å². The molecular formula is C15H17FN2O3. The van der Waals surface area contributed by atoms with Gasteiger partial charge in [-0.25, -0.2) is 9.87 Å². The standard InChI is InChI=1S/C15H17FN2O3/c16-13-4-9(14(19)17-20)3-10-5-15-2-1-11(7-21-8-15)18(15)6-12(10)13/h3-4,11,20H,1-2,5-8H2,(H,17,19)/t11-,15-/m1/s1. The number of nitrogens with one attached hydrogen (secondary N) is 1. The van der Waals surface area contributed by atoms with Crippen molar-refractivity contribution in [2.24, 2.45) is 0 Å². The average Bonchev–Trinajstić information content (AvgIpc) is 2.70. The molecule has 0 unspecified atom stereocenters. The van der Waals surface area contributed by atoms with E-state index in [-0.39, 0.29) is 16.9 Å². The normalized spacial score (nSPS) is 30.7. The van der Waals surface area contributed by atoms with E-state index in [0.717, 1.165) is 25.0 Å². The molecule has 2 saturated heterocycles. The zero-order valence-electron chi connectivity index (χ0n) is 11.6. The minimum atomic E-state index is -0.680. The summed E-state index contributed by atoms with van der Waals surface area (Å²) in [7, 11) is 0. The van der Waals surface area contributed by atoms with Crippen LogP contribution in [0.1, 0.15) is 34.3 Å². The molecule has 0 spiro atoms. The maximum Gasteiger partial charge on any atom is 0.274 e. The molecule has 2 atom stereocenters. The maximum atomic E-state index is 14.3. The summed E-state index contributed by atoms with van der Waals surface area (Å²) in [4.78, 5) is 13.9. The van der Waals surface area contributed by atoms with Crippen LogP contribution in [-0.2, 0) is 17.7 Å². The number of hydroxylamine groups is 1. The molecule has 3 heterocycles. The van der Waals surface area contributed by atoms with Gasteiger partial charge < -0.3 is 4.74 Å². The average molecular weight is 292 g/mol. The smallest absolute Gasteiger partial charge is 0.274 e. The maximum absolute atomic E-state index is 14.3. The van der Waals surface area contributed by atoms with Gasteiger partial charge in [0.05, 0.1) is 13.2 Å². The van der Waals surface area contributed by atoms with E-state index in [9.17, 15) is 9.18 Å². The molecule has 4 rings (SSSR count). The van der Waals surface area contributed by atoms with E-state index in [2.05, 4.69) is 4.90 Å². The van der Waals surface area contributed by atoms with Crippen molar-refractivity contribution in [1.82, 2.24) is 10.4 Å². The van der Waals surface area contributed by atoms with Crippen molar-refractivity contribution in [2.75, 3.05) is 13.2 Å². The quantitative estimate of drug-likeness (QED) is 0.604. The SMILES string of the molecule is O=C(NO)c1cc(F)c2c(c1)C[C@]13CC[C@H](COC1)N3C2. The summed E-state index contributed by atoms with van der Waals surface area (Å²) in [5, 5.41) is 8.72. The van der Waals surface area contributed by atoms with Gasteiger partial charge in [0, 0.05) is 29.3 Å². The molecule has 1 aromatic rings. The summed E-state index contributed by atoms with van der Waals surface area (Å²) in [6.07, 6.45) is 2.83. The number of rotatable bonds is 1. The van der Waals surface area contributed by atoms with E-state index in [1.54, 1.807) is 11.5 Å². The highest BCUT2D eigenvalue weighted by molar-refractivity contribution is 5.93. The first-order valence-corrected chi connectivity index (χ1v) is 7.23. The number of ether oxygens (including phenoxy) is 1. The summed E-state index contributed by atoms with van der Waals surface area (Å²) in [5.74, 6) is -1.05. The van der Waals surface area contributed by atoms with E-state index in [1.165, 1.54) is 6.07 Å². The van der Waals surface area contributed by atoms with Gasteiger partial charge in [0.2, 0.25) is 0 Å². The zero-order chi connectivity index (χ0) is 14.6. The van der Waals surface area contributed by atoms with Crippen LogP contribution < -0.4 is 5.48 Å². The summed E-state index contributed by atoms with van der Waals surface area (Å²) < 4.78 is 20.0. The van der Waals surface area contributed by atoms with Crippen LogP contribution in [0.3, 0.4) is 0 Å². The Hall–Kier alpha value is -1.50. The van der Waals surface area contributed by atoms with Crippen LogP contribution in [0.15, 0.2) is 12.1 Å². The lowest BCUT2D eigenvalue weighted by Gasteiger charge is -2.48. The second kappa shape index (κ2) is 4.50. The molecule has 2 N–H and O–H groups in total. The predicted octanol–water partition coefficient (Wildman–Crippen LogP) is 1.23. The third kappa shape index (κ3) is 1.83. The van der Waals surface area contributed by atoms with E-state index >= 15 is 0 Å². The highest BCUT2D eigenvalue weighted by Crippen LogP contribution is 2.45. The van der Waals surface area contributed by atoms with E-state index in [4.69, 9.17) is 9.94 Å². The molecule has 0 aliphatic carbocycles. The van der Waals surface area contributed by atoms with Crippen LogP contribution >= 0.6 is 0 Å². The number of carbonyl (C=O) groups excluding carboxylic acids is 1. The Morgan fingerprint density at radius 2 is 2.38 bits per heavy atom. The molecule has 3 aliphatic heterocycles. The second-order valence-corrected chi connectivity index (χ2v) is 6.27. The lowest BCUT2D eigenvalue weighted by Crippen LogP contribution is -2.58. The van der Waals surface area contributed by atoms with Crippen molar-refractivity contribution in [3.05, 3.63) is 34.6 Å². The number of nitrogens with zero attached hydrogens (tertiary/aromatic N) is 1. The molecule has 0 aromatic heterocycles. The minimum Gasteiger partial charge on any atom is -0.378 e. The van der Waals surface area contributed by atoms with Gasteiger partial charge in [-0.15, -0.1) is 0 Å². The van der Waals surface area contributed by atoms with Crippen LogP contribution in [0.25, 0.3) is 0 Å². The number of fused-ring (bicyclic) bond motifs is 1. The number of halogens is 1. The van der Waals surface area contributed by atoms with E-state index in [1.807, 2.05) is 0 Å². The van der Waals surface area contributed by atoms with Crippen molar-refractivity contribution in [3.8, 4) is 0 Å². The summed E-state index contributed by atoms with van der Waals surface area (Å²) in [6.45, 7) is 1.97. The third-order valence-corrected chi connectivity index (χ3v) is 5.17. The van der Waals surface area contributed by atoms with Gasteiger partial charge in [0.25, 0.3) is 5.91 Å². The summed E-state index contributed by atoms with van der Waals surface area (Å²) in [5.41, 5.74) is 3.21. The van der Waals surface area contributed by atoms with Crippen LogP contribution in [0.5, 0.6) is 0 Å². The fourth-order valence-electron chi connectivity index (χ4n) is 4.12. The number of hydrogen-bond donors (Lipinski definition) is 2. The monoisotopic (exact) mass is 292 g/mol. The molecule has 0 saturated carbocycles. The molecule has 112 valence electrons. The number of amides is 1. The molecule has 0 radical (unpaired) electrons. The Morgan fingerprint density at radius 1 is 1.52 bits per heavy atom. The van der Waals surface area contributed by atoms with Crippen LogP contribution in [0.2, 0.25) is 0 Å². The lowest BCUT2D eigenvalue weighted by molar-refractivity contribution is -0.0785. The first-order valence-electron chi connectivity index (χ1n) is 7.23. The second-order valence-electron chi connectivity index (χ2n) is 6.27. The highest BCUT2D eigenvalue weighted by atomic mass is 19.1. The Kier molecular flexibility index (Phi) is 2.82. The Bertz CT molecular complexity index is 617. The third-order valence-electron chi connectivity index (χ3n) is 5.17. The van der Waals surface area contributed by atoms with Crippen LogP contribution in [0.4, 0.5) is 4.39 Å². The van der Waals surface area contributed by atoms with E-state index in [0.29, 0.717) is 31.2 Å². The Labute approximate surface area is 121 Å². The highest BCUT2D eigenvalue weighted by Gasteiger charge is 2.52. The van der Waals surface area contributed by atoms with Gasteiger partial charge in [-0.05, 0) is 37.0 Å². The topological polar surface area (TPSA) is 61.8 Å².